The third kappa shape index (κ3) is 11.1. The molecule has 21 heteroatoms. The predicted molar refractivity (Wildman–Crippen MR) is 227 cm³/mol. The van der Waals surface area contributed by atoms with Crippen LogP contribution in [-0.2, 0) is 0 Å². The van der Waals surface area contributed by atoms with Crippen LogP contribution in [0.5, 0.6) is 0 Å². The maximum Gasteiger partial charge on any atom is 0.354 e. The van der Waals surface area contributed by atoms with Crippen molar-refractivity contribution < 1.29 is 24.3 Å². The highest BCUT2D eigenvalue weighted by Crippen LogP contribution is 2.28. The van der Waals surface area contributed by atoms with Gasteiger partial charge in [0.1, 0.15) is 14.9 Å². The minimum absolute atomic E-state index is 0.00697. The quantitative estimate of drug-likeness (QED) is 0.0967. The number of pyridine rings is 2. The van der Waals surface area contributed by atoms with E-state index in [1.807, 2.05) is 6.92 Å². The van der Waals surface area contributed by atoms with E-state index in [4.69, 9.17) is 57.2 Å². The van der Waals surface area contributed by atoms with Gasteiger partial charge in [-0.05, 0) is 105 Å². The number of aromatic carboxylic acids is 1. The number of nitrogen functional groups attached to an aromatic ring is 1. The lowest BCUT2D eigenvalue weighted by Gasteiger charge is -2.14. The molecule has 0 unspecified atom stereocenters. The standard InChI is InChI=1S/C18H14BrCl2N5O2.C9H5BrClN3O2.C9H11ClN2O/c1-9-6-10(20)7-11(17(27)22-2)15(9)24-18(28)13-8-14(19)25-26(13)16-12(21)4-3-5-23-16;10-7-4-6(9(15)16)14(13-7)8-5(11)2-1-3-12-8;1-5-3-6(10)4-7(8(5)11)9(13)12-2/h3-8H,1-2H3,(H,22,27)(H,24,28);1-4H,(H,15,16);3-4H,11H2,1-2H3,(H,12,13). The van der Waals surface area contributed by atoms with Gasteiger partial charge in [-0.25, -0.2) is 24.1 Å². The molecule has 6 rings (SSSR count). The van der Waals surface area contributed by atoms with Crippen LogP contribution in [0.2, 0.25) is 20.1 Å². The number of carboxylic acid groups (broad SMARTS) is 1. The second kappa shape index (κ2) is 19.9. The lowest BCUT2D eigenvalue weighted by molar-refractivity contribution is 0.0686. The van der Waals surface area contributed by atoms with Gasteiger partial charge in [-0.15, -0.1) is 0 Å². The van der Waals surface area contributed by atoms with Gasteiger partial charge < -0.3 is 26.8 Å². The number of carbonyl (C=O) groups excluding carboxylic acids is 3. The van der Waals surface area contributed by atoms with Crippen molar-refractivity contribution in [3.8, 4) is 11.6 Å². The number of nitrogens with two attached hydrogens (primary N) is 1. The van der Waals surface area contributed by atoms with E-state index in [1.165, 1.54) is 40.8 Å². The van der Waals surface area contributed by atoms with Crippen molar-refractivity contribution in [2.24, 2.45) is 0 Å². The van der Waals surface area contributed by atoms with Gasteiger partial charge in [-0.2, -0.15) is 10.2 Å². The van der Waals surface area contributed by atoms with Gasteiger partial charge in [0.15, 0.2) is 17.3 Å². The minimum atomic E-state index is -1.10. The fourth-order valence-corrected chi connectivity index (χ4v) is 6.58. The van der Waals surface area contributed by atoms with E-state index in [9.17, 15) is 19.2 Å². The molecule has 2 aromatic carbocycles. The number of carbonyl (C=O) groups is 4. The van der Waals surface area contributed by atoms with Gasteiger partial charge in [0, 0.05) is 54.4 Å². The van der Waals surface area contributed by atoms with E-state index >= 15 is 0 Å². The van der Waals surface area contributed by atoms with Crippen molar-refractivity contribution in [1.82, 2.24) is 40.2 Å². The summed E-state index contributed by atoms with van der Waals surface area (Å²) in [6.07, 6.45) is 3.06. The highest BCUT2D eigenvalue weighted by molar-refractivity contribution is 9.10. The summed E-state index contributed by atoms with van der Waals surface area (Å²) in [6.45, 7) is 3.56. The number of anilines is 2. The molecule has 0 atom stereocenters. The number of aryl methyl sites for hydroxylation is 2. The first-order valence-electron chi connectivity index (χ1n) is 16.0. The molecule has 57 heavy (non-hydrogen) atoms. The molecule has 0 spiro atoms. The predicted octanol–water partition coefficient (Wildman–Crippen LogP) is 8.23. The number of hydrogen-bond donors (Lipinski definition) is 5. The maximum atomic E-state index is 13.0. The highest BCUT2D eigenvalue weighted by atomic mass is 79.9. The number of aromatic nitrogens is 6. The van der Waals surface area contributed by atoms with Crippen LogP contribution in [0.15, 0.2) is 82.3 Å². The molecule has 6 aromatic rings. The smallest absolute Gasteiger partial charge is 0.354 e. The van der Waals surface area contributed by atoms with Crippen LogP contribution in [0.4, 0.5) is 11.4 Å². The van der Waals surface area contributed by atoms with Crippen molar-refractivity contribution >= 4 is 113 Å². The second-order valence-electron chi connectivity index (χ2n) is 11.4. The fraction of sp³-hybridized carbons (Fsp3) is 0.111. The van der Waals surface area contributed by atoms with Gasteiger partial charge in [0.25, 0.3) is 17.7 Å². The Kier molecular flexibility index (Phi) is 15.6. The molecule has 296 valence electrons. The number of nitrogens with zero attached hydrogens (tertiary/aromatic N) is 6. The average molecular weight is 984 g/mol. The summed E-state index contributed by atoms with van der Waals surface area (Å²) in [5.41, 5.74) is 8.84. The number of nitrogens with one attached hydrogen (secondary N) is 3. The molecule has 0 fully saturated rings. The zero-order valence-electron chi connectivity index (χ0n) is 30.0. The largest absolute Gasteiger partial charge is 0.477 e. The number of amides is 3. The van der Waals surface area contributed by atoms with Crippen LogP contribution < -0.4 is 21.7 Å². The Bertz CT molecular complexity index is 2500. The van der Waals surface area contributed by atoms with Gasteiger partial charge in [-0.1, -0.05) is 46.4 Å². The van der Waals surface area contributed by atoms with E-state index in [-0.39, 0.29) is 34.6 Å². The van der Waals surface area contributed by atoms with Crippen LogP contribution in [0, 0.1) is 13.8 Å². The molecule has 0 aliphatic carbocycles. The number of carboxylic acids is 1. The monoisotopic (exact) mass is 980 g/mol. The van der Waals surface area contributed by atoms with Crippen molar-refractivity contribution in [2.75, 3.05) is 25.1 Å². The first-order valence-corrected chi connectivity index (χ1v) is 19.1. The first kappa shape index (κ1) is 44.7. The lowest BCUT2D eigenvalue weighted by Crippen LogP contribution is -2.23. The number of halogens is 6. The van der Waals surface area contributed by atoms with E-state index in [2.05, 4.69) is 68.0 Å². The molecule has 6 N–H and O–H groups in total. The molecule has 0 radical (unpaired) electrons. The van der Waals surface area contributed by atoms with Gasteiger partial charge in [-0.3, -0.25) is 14.4 Å². The van der Waals surface area contributed by atoms with Crippen molar-refractivity contribution in [1.29, 1.82) is 0 Å². The van der Waals surface area contributed by atoms with E-state index in [0.29, 0.717) is 57.6 Å². The molecule has 4 aromatic heterocycles. The Balaban J connectivity index is 0.000000209. The maximum absolute atomic E-state index is 13.0. The Morgan fingerprint density at radius 2 is 1.14 bits per heavy atom. The molecule has 4 heterocycles. The Hall–Kier alpha value is -5.04. The van der Waals surface area contributed by atoms with Crippen LogP contribution >= 0.6 is 78.3 Å². The fourth-order valence-electron chi connectivity index (χ4n) is 4.89. The summed E-state index contributed by atoms with van der Waals surface area (Å²) in [6, 6.07) is 15.9. The van der Waals surface area contributed by atoms with Gasteiger partial charge >= 0.3 is 5.97 Å². The molecular weight excluding hydrogens is 954 g/mol. The van der Waals surface area contributed by atoms with Crippen LogP contribution in [0.1, 0.15) is 52.8 Å². The van der Waals surface area contributed by atoms with Crippen LogP contribution in [0.25, 0.3) is 11.6 Å². The normalized spacial score (nSPS) is 10.4. The molecule has 0 saturated heterocycles. The molecule has 0 aliphatic rings. The Morgan fingerprint density at radius 1 is 0.684 bits per heavy atom. The van der Waals surface area contributed by atoms with E-state index in [0.717, 1.165) is 5.56 Å². The van der Waals surface area contributed by atoms with Gasteiger partial charge in [0.2, 0.25) is 0 Å². The first-order chi connectivity index (χ1) is 27.0. The Morgan fingerprint density at radius 3 is 1.63 bits per heavy atom. The van der Waals surface area contributed by atoms with Crippen molar-refractivity contribution in [3.05, 3.63) is 136 Å². The molecular formula is C36H30Br2Cl4N10O5. The molecule has 15 nitrogen and oxygen atoms in total. The Labute approximate surface area is 362 Å². The minimum Gasteiger partial charge on any atom is -0.477 e. The number of hydrogen-bond acceptors (Lipinski definition) is 9. The van der Waals surface area contributed by atoms with Crippen LogP contribution in [-0.4, -0.2) is 72.4 Å². The number of rotatable bonds is 7. The average Bonchev–Trinajstić information content (AvgIpc) is 3.76. The highest BCUT2D eigenvalue weighted by Gasteiger charge is 2.22. The zero-order chi connectivity index (χ0) is 42.1. The van der Waals surface area contributed by atoms with Gasteiger partial charge in [0.05, 0.1) is 26.9 Å². The molecule has 0 aliphatic heterocycles. The second-order valence-corrected chi connectivity index (χ2v) is 14.7. The summed E-state index contributed by atoms with van der Waals surface area (Å²) in [7, 11) is 3.05. The molecule has 0 bridgehead atoms. The topological polar surface area (TPSA) is 212 Å². The van der Waals surface area contributed by atoms with Crippen LogP contribution in [0.3, 0.4) is 0 Å². The van der Waals surface area contributed by atoms with E-state index < -0.39 is 11.9 Å². The summed E-state index contributed by atoms with van der Waals surface area (Å²) in [4.78, 5) is 55.7. The molecule has 0 saturated carbocycles. The third-order valence-electron chi connectivity index (χ3n) is 7.52. The summed E-state index contributed by atoms with van der Waals surface area (Å²) in [5, 5.41) is 26.6. The number of benzene rings is 2. The van der Waals surface area contributed by atoms with Crippen molar-refractivity contribution in [2.45, 2.75) is 13.8 Å². The summed E-state index contributed by atoms with van der Waals surface area (Å²) >= 11 is 30.3. The van der Waals surface area contributed by atoms with E-state index in [1.54, 1.807) is 62.6 Å². The lowest BCUT2D eigenvalue weighted by atomic mass is 10.1. The summed E-state index contributed by atoms with van der Waals surface area (Å²) < 4.78 is 3.34. The van der Waals surface area contributed by atoms with Crippen molar-refractivity contribution in [3.63, 3.8) is 0 Å². The summed E-state index contributed by atoms with van der Waals surface area (Å²) in [5.74, 6) is -1.59. The SMILES string of the molecule is CNC(=O)c1cc(Cl)cc(C)c1N.CNC(=O)c1cc(Cl)cc(C)c1NC(=O)c1cc(Br)nn1-c1ncccc1Cl.O=C(O)c1cc(Br)nn1-c1ncccc1Cl. The third-order valence-corrected chi connectivity index (χ3v) is 9.33. The zero-order valence-corrected chi connectivity index (χ0v) is 36.2. The molecule has 3 amide bonds.